The van der Waals surface area contributed by atoms with Gasteiger partial charge in [-0.25, -0.2) is 0 Å². The Morgan fingerprint density at radius 1 is 1.50 bits per heavy atom. The van der Waals surface area contributed by atoms with E-state index in [0.717, 1.165) is 18.4 Å². The lowest BCUT2D eigenvalue weighted by Crippen LogP contribution is -2.33. The summed E-state index contributed by atoms with van der Waals surface area (Å²) in [6.07, 6.45) is 8.97. The Morgan fingerprint density at radius 2 is 2.25 bits per heavy atom. The van der Waals surface area contributed by atoms with Crippen LogP contribution in [0.4, 0.5) is 0 Å². The van der Waals surface area contributed by atoms with Crippen LogP contribution in [0.2, 0.25) is 0 Å². The fourth-order valence-electron chi connectivity index (χ4n) is 1.64. The molecule has 0 aromatic carbocycles. The minimum atomic E-state index is -0.492. The van der Waals surface area contributed by atoms with Crippen molar-refractivity contribution in [1.82, 2.24) is 0 Å². The maximum Gasteiger partial charge on any atom is 0.323 e. The highest BCUT2D eigenvalue weighted by Crippen LogP contribution is 2.10. The van der Waals surface area contributed by atoms with E-state index in [1.165, 1.54) is 0 Å². The van der Waals surface area contributed by atoms with Crippen LogP contribution >= 0.6 is 0 Å². The monoisotopic (exact) mass is 223 g/mol. The van der Waals surface area contributed by atoms with Crippen molar-refractivity contribution in [2.24, 2.45) is 11.7 Å². The summed E-state index contributed by atoms with van der Waals surface area (Å²) in [5.41, 5.74) is 6.79. The topological polar surface area (TPSA) is 52.3 Å². The number of carbonyl (C=O) groups is 1. The zero-order valence-electron chi connectivity index (χ0n) is 10.1. The van der Waals surface area contributed by atoms with Crippen LogP contribution in [-0.2, 0) is 9.53 Å². The van der Waals surface area contributed by atoms with E-state index in [9.17, 15) is 4.79 Å². The number of nitrogens with two attached hydrogens (primary N) is 1. The molecule has 0 aliphatic heterocycles. The molecule has 0 spiro atoms. The summed E-state index contributed by atoms with van der Waals surface area (Å²) in [6, 6.07) is -0.492. The maximum absolute atomic E-state index is 11.5. The Kier molecular flexibility index (Phi) is 5.26. The lowest BCUT2D eigenvalue weighted by Gasteiger charge is -2.14. The van der Waals surface area contributed by atoms with Crippen LogP contribution in [-0.4, -0.2) is 18.6 Å². The van der Waals surface area contributed by atoms with Crippen LogP contribution < -0.4 is 5.73 Å². The Hall–Kier alpha value is -1.09. The molecule has 3 heteroatoms. The molecule has 0 saturated carbocycles. The van der Waals surface area contributed by atoms with Crippen LogP contribution in [0.3, 0.4) is 0 Å². The van der Waals surface area contributed by atoms with E-state index in [-0.39, 0.29) is 5.97 Å². The van der Waals surface area contributed by atoms with Crippen LogP contribution in [0.25, 0.3) is 0 Å². The predicted octanol–water partition coefficient (Wildman–Crippen LogP) is 2.18. The van der Waals surface area contributed by atoms with Gasteiger partial charge in [0.1, 0.15) is 12.6 Å². The smallest absolute Gasteiger partial charge is 0.323 e. The molecular weight excluding hydrogens is 202 g/mol. The third kappa shape index (κ3) is 4.62. The number of hydrogen-bond acceptors (Lipinski definition) is 3. The average Bonchev–Trinajstić information content (AvgIpc) is 2.26. The van der Waals surface area contributed by atoms with Crippen molar-refractivity contribution < 1.29 is 9.53 Å². The van der Waals surface area contributed by atoms with Crippen LogP contribution in [0.5, 0.6) is 0 Å². The molecule has 1 aliphatic carbocycles. The largest absolute Gasteiger partial charge is 0.460 e. The minimum Gasteiger partial charge on any atom is -0.460 e. The molecule has 0 saturated heterocycles. The van der Waals surface area contributed by atoms with Crippen molar-refractivity contribution in [3.63, 3.8) is 0 Å². The van der Waals surface area contributed by atoms with Gasteiger partial charge in [0.15, 0.2) is 0 Å². The Morgan fingerprint density at radius 3 is 2.81 bits per heavy atom. The van der Waals surface area contributed by atoms with Gasteiger partial charge in [0.2, 0.25) is 0 Å². The second-order valence-corrected chi connectivity index (χ2v) is 4.60. The van der Waals surface area contributed by atoms with Gasteiger partial charge in [-0.15, -0.1) is 0 Å². The molecule has 0 heterocycles. The van der Waals surface area contributed by atoms with Gasteiger partial charge in [0.05, 0.1) is 0 Å². The van der Waals surface area contributed by atoms with Crippen molar-refractivity contribution in [2.75, 3.05) is 6.61 Å². The molecule has 1 aliphatic rings. The molecular formula is C13H21NO2. The Labute approximate surface area is 97.3 Å². The van der Waals surface area contributed by atoms with E-state index >= 15 is 0 Å². The van der Waals surface area contributed by atoms with Crippen molar-refractivity contribution in [3.05, 3.63) is 23.8 Å². The van der Waals surface area contributed by atoms with Crippen LogP contribution in [0.1, 0.15) is 33.1 Å². The van der Waals surface area contributed by atoms with Gasteiger partial charge in [-0.3, -0.25) is 4.79 Å². The number of allylic oxidation sites excluding steroid dienone is 2. The summed E-state index contributed by atoms with van der Waals surface area (Å²) in [4.78, 5) is 11.5. The SMILES string of the molecule is CC(C)CC(N)C(=O)OCC1=CCCC=C1. The molecule has 1 atom stereocenters. The first-order chi connectivity index (χ1) is 7.59. The molecule has 1 rings (SSSR count). The first-order valence-corrected chi connectivity index (χ1v) is 5.87. The van der Waals surface area contributed by atoms with Gasteiger partial charge in [0, 0.05) is 0 Å². The summed E-state index contributed by atoms with van der Waals surface area (Å²) >= 11 is 0. The van der Waals surface area contributed by atoms with Gasteiger partial charge in [-0.1, -0.05) is 32.1 Å². The molecule has 0 aromatic heterocycles. The first kappa shape index (κ1) is 13.0. The Bertz CT molecular complexity index is 292. The third-order valence-electron chi connectivity index (χ3n) is 2.48. The summed E-state index contributed by atoms with van der Waals surface area (Å²) in [5.74, 6) is 0.116. The second-order valence-electron chi connectivity index (χ2n) is 4.60. The molecule has 0 aromatic rings. The molecule has 16 heavy (non-hydrogen) atoms. The number of hydrogen-bond donors (Lipinski definition) is 1. The van der Waals surface area contributed by atoms with E-state index in [4.69, 9.17) is 10.5 Å². The molecule has 0 amide bonds. The summed E-state index contributed by atoms with van der Waals surface area (Å²) in [7, 11) is 0. The van der Waals surface area contributed by atoms with Gasteiger partial charge in [-0.2, -0.15) is 0 Å². The van der Waals surface area contributed by atoms with Gasteiger partial charge < -0.3 is 10.5 Å². The number of ether oxygens (including phenoxy) is 1. The first-order valence-electron chi connectivity index (χ1n) is 5.87. The number of esters is 1. The highest BCUT2D eigenvalue weighted by Gasteiger charge is 2.16. The zero-order valence-corrected chi connectivity index (χ0v) is 10.1. The number of carbonyl (C=O) groups excluding carboxylic acids is 1. The lowest BCUT2D eigenvalue weighted by molar-refractivity contribution is -0.144. The standard InChI is InChI=1S/C13H21NO2/c1-10(2)8-12(14)13(15)16-9-11-6-4-3-5-7-11/h4,6-7,10,12H,3,5,8-9,14H2,1-2H3. The molecule has 3 nitrogen and oxygen atoms in total. The van der Waals surface area contributed by atoms with Gasteiger partial charge >= 0.3 is 5.97 Å². The van der Waals surface area contributed by atoms with Crippen molar-refractivity contribution in [2.45, 2.75) is 39.2 Å². The van der Waals surface area contributed by atoms with E-state index in [2.05, 4.69) is 12.2 Å². The van der Waals surface area contributed by atoms with E-state index < -0.39 is 6.04 Å². The van der Waals surface area contributed by atoms with Crippen molar-refractivity contribution >= 4 is 5.97 Å². The lowest BCUT2D eigenvalue weighted by atomic mass is 10.0. The molecule has 0 bridgehead atoms. The summed E-state index contributed by atoms with van der Waals surface area (Å²) < 4.78 is 5.16. The quantitative estimate of drug-likeness (QED) is 0.727. The van der Waals surface area contributed by atoms with Crippen LogP contribution in [0, 0.1) is 5.92 Å². The number of rotatable bonds is 5. The molecule has 0 fully saturated rings. The highest BCUT2D eigenvalue weighted by molar-refractivity contribution is 5.75. The fourth-order valence-corrected chi connectivity index (χ4v) is 1.64. The van der Waals surface area contributed by atoms with Crippen molar-refractivity contribution in [1.29, 1.82) is 0 Å². The molecule has 2 N–H and O–H groups in total. The van der Waals surface area contributed by atoms with Crippen molar-refractivity contribution in [3.8, 4) is 0 Å². The normalized spacial score (nSPS) is 17.1. The third-order valence-corrected chi connectivity index (χ3v) is 2.48. The maximum atomic E-state index is 11.5. The summed E-state index contributed by atoms with van der Waals surface area (Å²) in [5, 5.41) is 0. The van der Waals surface area contributed by atoms with E-state index in [0.29, 0.717) is 18.9 Å². The molecule has 90 valence electrons. The highest BCUT2D eigenvalue weighted by atomic mass is 16.5. The minimum absolute atomic E-state index is 0.298. The summed E-state index contributed by atoms with van der Waals surface area (Å²) in [6.45, 7) is 4.43. The zero-order chi connectivity index (χ0) is 12.0. The molecule has 0 radical (unpaired) electrons. The average molecular weight is 223 g/mol. The fraction of sp³-hybridized carbons (Fsp3) is 0.615. The van der Waals surface area contributed by atoms with E-state index in [1.807, 2.05) is 19.9 Å². The van der Waals surface area contributed by atoms with Gasteiger partial charge in [-0.05, 0) is 30.8 Å². The van der Waals surface area contributed by atoms with E-state index in [1.54, 1.807) is 0 Å². The second kappa shape index (κ2) is 6.48. The Balaban J connectivity index is 2.29. The van der Waals surface area contributed by atoms with Gasteiger partial charge in [0.25, 0.3) is 0 Å². The predicted molar refractivity (Wildman–Crippen MR) is 64.8 cm³/mol. The molecule has 1 unspecified atom stereocenters. The van der Waals surface area contributed by atoms with Crippen LogP contribution in [0.15, 0.2) is 23.8 Å².